The first-order valence-electron chi connectivity index (χ1n) is 8.39. The van der Waals surface area contributed by atoms with Crippen molar-refractivity contribution in [3.05, 3.63) is 12.7 Å². The molecular formula is C16H20F12O. The molecule has 0 saturated carbocycles. The van der Waals surface area contributed by atoms with E-state index in [4.69, 9.17) is 0 Å². The molecule has 29 heavy (non-hydrogen) atoms. The number of unbranched alkanes of at least 4 members (excludes halogenated alkanes) is 4. The van der Waals surface area contributed by atoms with Crippen LogP contribution in [0.15, 0.2) is 12.7 Å². The number of alkyl halides is 12. The smallest absolute Gasteiger partial charge is 0.337 e. The zero-order chi connectivity index (χ0) is 23.4. The van der Waals surface area contributed by atoms with Gasteiger partial charge in [0.25, 0.3) is 5.85 Å². The number of halogens is 12. The zero-order valence-corrected chi connectivity index (χ0v) is 15.2. The van der Waals surface area contributed by atoms with Crippen molar-refractivity contribution in [2.24, 2.45) is 0 Å². The predicted molar refractivity (Wildman–Crippen MR) is 79.2 cm³/mol. The second-order valence-electron chi connectivity index (χ2n) is 6.29. The Morgan fingerprint density at radius 1 is 0.655 bits per heavy atom. The van der Waals surface area contributed by atoms with Crippen molar-refractivity contribution < 1.29 is 57.4 Å². The topological polar surface area (TPSA) is 9.23 Å². The van der Waals surface area contributed by atoms with Gasteiger partial charge in [-0.25, -0.2) is 4.39 Å². The molecule has 0 N–H and O–H groups in total. The molecule has 0 saturated heterocycles. The second-order valence-corrected chi connectivity index (χ2v) is 6.29. The minimum Gasteiger partial charge on any atom is -0.337 e. The molecule has 0 spiro atoms. The van der Waals surface area contributed by atoms with E-state index in [0.29, 0.717) is 25.3 Å². The van der Waals surface area contributed by atoms with Crippen molar-refractivity contribution in [1.82, 2.24) is 0 Å². The minimum absolute atomic E-state index is 0.0340. The molecule has 0 bridgehead atoms. The van der Waals surface area contributed by atoms with Crippen molar-refractivity contribution in [3.63, 3.8) is 0 Å². The van der Waals surface area contributed by atoms with Crippen LogP contribution in [-0.2, 0) is 4.74 Å². The summed E-state index contributed by atoms with van der Waals surface area (Å²) in [5.41, 5.74) is 0. The first-order valence-corrected chi connectivity index (χ1v) is 8.39. The van der Waals surface area contributed by atoms with Crippen LogP contribution in [0.3, 0.4) is 0 Å². The van der Waals surface area contributed by atoms with Crippen molar-refractivity contribution in [1.29, 1.82) is 0 Å². The molecule has 0 aromatic heterocycles. The largest absolute Gasteiger partial charge is 0.460 e. The molecule has 1 unspecified atom stereocenters. The molecular weight excluding hydrogens is 436 g/mol. The van der Waals surface area contributed by atoms with Gasteiger partial charge in [0.1, 0.15) is 0 Å². The van der Waals surface area contributed by atoms with E-state index >= 15 is 0 Å². The van der Waals surface area contributed by atoms with Gasteiger partial charge in [-0.05, 0) is 6.42 Å². The highest BCUT2D eigenvalue weighted by Crippen LogP contribution is 2.60. The van der Waals surface area contributed by atoms with Gasteiger partial charge in [0.05, 0.1) is 6.61 Å². The zero-order valence-electron chi connectivity index (χ0n) is 15.2. The monoisotopic (exact) mass is 456 g/mol. The number of hydrogen-bond acceptors (Lipinski definition) is 1. The normalized spacial score (nSPS) is 16.6. The standard InChI is InChI=1S/C16H20F12O/c1-3-5-6-7-8-9-11(17,29-10-4-2)12(18,19)13(20,21)14(22,23)15(24,25)16(26,27)28/h4H,2-3,5-10H2,1H3. The summed E-state index contributed by atoms with van der Waals surface area (Å²) in [6.45, 7) is 3.42. The lowest BCUT2D eigenvalue weighted by Crippen LogP contribution is -2.71. The lowest BCUT2D eigenvalue weighted by molar-refractivity contribution is -0.448. The highest BCUT2D eigenvalue weighted by molar-refractivity contribution is 5.10. The third-order valence-electron chi connectivity index (χ3n) is 4.04. The molecule has 0 aliphatic carbocycles. The third-order valence-corrected chi connectivity index (χ3v) is 4.04. The number of rotatable bonds is 13. The lowest BCUT2D eigenvalue weighted by atomic mass is 9.90. The van der Waals surface area contributed by atoms with E-state index in [1.54, 1.807) is 6.92 Å². The summed E-state index contributed by atoms with van der Waals surface area (Å²) < 4.78 is 163. The fourth-order valence-electron chi connectivity index (χ4n) is 2.27. The fourth-order valence-corrected chi connectivity index (χ4v) is 2.27. The average Bonchev–Trinajstić information content (AvgIpc) is 2.58. The highest BCUT2D eigenvalue weighted by Gasteiger charge is 2.90. The van der Waals surface area contributed by atoms with Crippen LogP contribution in [0, 0.1) is 0 Å². The molecule has 0 rings (SSSR count). The van der Waals surface area contributed by atoms with Crippen LogP contribution in [0.25, 0.3) is 0 Å². The van der Waals surface area contributed by atoms with Crippen molar-refractivity contribution in [3.8, 4) is 0 Å². The molecule has 0 fully saturated rings. The van der Waals surface area contributed by atoms with Gasteiger partial charge in [-0.15, -0.1) is 6.58 Å². The van der Waals surface area contributed by atoms with Gasteiger partial charge in [0.15, 0.2) is 0 Å². The molecule has 0 aliphatic rings. The van der Waals surface area contributed by atoms with E-state index < -0.39 is 55.2 Å². The highest BCUT2D eigenvalue weighted by atomic mass is 19.4. The minimum atomic E-state index is -7.68. The summed E-state index contributed by atoms with van der Waals surface area (Å²) in [7, 11) is 0. The van der Waals surface area contributed by atoms with Crippen LogP contribution in [0.5, 0.6) is 0 Å². The Hall–Kier alpha value is -1.14. The Kier molecular flexibility index (Phi) is 8.97. The molecule has 174 valence electrons. The maximum Gasteiger partial charge on any atom is 0.460 e. The third kappa shape index (κ3) is 5.13. The van der Waals surface area contributed by atoms with Gasteiger partial charge < -0.3 is 4.74 Å². The summed E-state index contributed by atoms with van der Waals surface area (Å²) >= 11 is 0. The first-order chi connectivity index (χ1) is 12.9. The van der Waals surface area contributed by atoms with Gasteiger partial charge in [-0.3, -0.25) is 0 Å². The summed E-state index contributed by atoms with van der Waals surface area (Å²) in [6.07, 6.45) is -7.54. The quantitative estimate of drug-likeness (QED) is 0.160. The summed E-state index contributed by atoms with van der Waals surface area (Å²) in [5, 5.41) is 0. The predicted octanol–water partition coefficient (Wildman–Crippen LogP) is 7.32. The Balaban J connectivity index is 6.04. The molecule has 1 atom stereocenters. The summed E-state index contributed by atoms with van der Waals surface area (Å²) in [5.74, 6) is -34.4. The Morgan fingerprint density at radius 3 is 1.52 bits per heavy atom. The molecule has 0 radical (unpaired) electrons. The van der Waals surface area contributed by atoms with Crippen LogP contribution >= 0.6 is 0 Å². The molecule has 0 aromatic rings. The van der Waals surface area contributed by atoms with Gasteiger partial charge in [-0.2, -0.15) is 48.3 Å². The van der Waals surface area contributed by atoms with E-state index in [1.807, 2.05) is 0 Å². The Bertz CT molecular complexity index is 528. The van der Waals surface area contributed by atoms with Gasteiger partial charge >= 0.3 is 29.9 Å². The first kappa shape index (κ1) is 27.9. The van der Waals surface area contributed by atoms with E-state index in [9.17, 15) is 52.7 Å². The number of ether oxygens (including phenoxy) is 1. The molecule has 0 heterocycles. The molecule has 0 amide bonds. The van der Waals surface area contributed by atoms with Gasteiger partial charge in [-0.1, -0.05) is 38.7 Å². The molecule has 0 aliphatic heterocycles. The van der Waals surface area contributed by atoms with Crippen molar-refractivity contribution in [2.75, 3.05) is 6.61 Å². The SMILES string of the molecule is C=CCOC(F)(CCCCCCC)C(F)(F)C(F)(F)C(F)(F)C(F)(F)C(F)(F)F. The van der Waals surface area contributed by atoms with Gasteiger partial charge in [0.2, 0.25) is 0 Å². The summed E-state index contributed by atoms with van der Waals surface area (Å²) in [6, 6.07) is 0. The maximum atomic E-state index is 14.6. The van der Waals surface area contributed by atoms with E-state index in [1.165, 1.54) is 0 Å². The van der Waals surface area contributed by atoms with Gasteiger partial charge in [0, 0.05) is 6.42 Å². The summed E-state index contributed by atoms with van der Waals surface area (Å²) in [4.78, 5) is 0. The van der Waals surface area contributed by atoms with Crippen LogP contribution in [0.1, 0.15) is 45.4 Å². The maximum absolute atomic E-state index is 14.6. The van der Waals surface area contributed by atoms with E-state index in [-0.39, 0.29) is 6.42 Å². The molecule has 0 aromatic carbocycles. The van der Waals surface area contributed by atoms with Crippen molar-refractivity contribution >= 4 is 0 Å². The molecule has 1 nitrogen and oxygen atoms in total. The fraction of sp³-hybridized carbons (Fsp3) is 0.875. The van der Waals surface area contributed by atoms with E-state index in [0.717, 1.165) is 0 Å². The van der Waals surface area contributed by atoms with Crippen LogP contribution in [-0.4, -0.2) is 42.3 Å². The number of hydrogen-bond donors (Lipinski definition) is 0. The second kappa shape index (κ2) is 9.34. The van der Waals surface area contributed by atoms with Crippen LogP contribution in [0.2, 0.25) is 0 Å². The van der Waals surface area contributed by atoms with Crippen LogP contribution < -0.4 is 0 Å². The Labute approximate surface area is 159 Å². The molecule has 13 heteroatoms. The van der Waals surface area contributed by atoms with E-state index in [2.05, 4.69) is 11.3 Å². The Morgan fingerprint density at radius 2 is 1.10 bits per heavy atom. The van der Waals surface area contributed by atoms with Crippen LogP contribution in [0.4, 0.5) is 52.7 Å². The lowest BCUT2D eigenvalue weighted by Gasteiger charge is -2.42. The average molecular weight is 456 g/mol. The van der Waals surface area contributed by atoms with Crippen molar-refractivity contribution in [2.45, 2.75) is 81.2 Å².